The van der Waals surface area contributed by atoms with Crippen LogP contribution < -0.4 is 10.2 Å². The molecule has 1 aliphatic carbocycles. The summed E-state index contributed by atoms with van der Waals surface area (Å²) in [7, 11) is 0. The van der Waals surface area contributed by atoms with Crippen LogP contribution in [0, 0.1) is 0 Å². The normalized spacial score (nSPS) is 24.2. The minimum absolute atomic E-state index is 0.0142. The Morgan fingerprint density at radius 3 is 2.62 bits per heavy atom. The number of ether oxygens (including phenoxy) is 1. The minimum atomic E-state index is 0.0142. The van der Waals surface area contributed by atoms with Crippen LogP contribution in [0.15, 0.2) is 12.1 Å². The predicted molar refractivity (Wildman–Crippen MR) is 90.2 cm³/mol. The minimum Gasteiger partial charge on any atom is -0.376 e. The number of piperazine rings is 1. The first-order valence-electron chi connectivity index (χ1n) is 9.02. The van der Waals surface area contributed by atoms with Crippen molar-refractivity contribution >= 4 is 11.8 Å². The van der Waals surface area contributed by atoms with Gasteiger partial charge in [0.05, 0.1) is 11.8 Å². The maximum atomic E-state index is 12.2. The van der Waals surface area contributed by atoms with Gasteiger partial charge in [-0.3, -0.25) is 0 Å². The molecule has 0 spiro atoms. The zero-order chi connectivity index (χ0) is 16.4. The zero-order valence-corrected chi connectivity index (χ0v) is 14.0. The van der Waals surface area contributed by atoms with E-state index in [0.717, 1.165) is 44.0 Å². The van der Waals surface area contributed by atoms with Gasteiger partial charge in [0, 0.05) is 45.2 Å². The van der Waals surface area contributed by atoms with Gasteiger partial charge in [-0.15, -0.1) is 5.10 Å². The van der Waals surface area contributed by atoms with Crippen molar-refractivity contribution in [3.05, 3.63) is 17.8 Å². The average molecular weight is 331 g/mol. The van der Waals surface area contributed by atoms with Crippen molar-refractivity contribution in [1.29, 1.82) is 0 Å². The number of hydrogen-bond acceptors (Lipinski definition) is 5. The van der Waals surface area contributed by atoms with E-state index in [1.54, 1.807) is 0 Å². The van der Waals surface area contributed by atoms with E-state index in [2.05, 4.69) is 32.5 Å². The second-order valence-corrected chi connectivity index (χ2v) is 6.89. The Morgan fingerprint density at radius 1 is 1.17 bits per heavy atom. The Bertz CT molecular complexity index is 561. The highest BCUT2D eigenvalue weighted by atomic mass is 16.5. The first-order valence-corrected chi connectivity index (χ1v) is 9.02. The molecular formula is C17H25N5O2. The van der Waals surface area contributed by atoms with Gasteiger partial charge in [0.15, 0.2) is 5.82 Å². The molecule has 3 heterocycles. The third kappa shape index (κ3) is 3.61. The van der Waals surface area contributed by atoms with Crippen LogP contribution >= 0.6 is 0 Å². The molecule has 3 aliphatic rings. The van der Waals surface area contributed by atoms with E-state index in [-0.39, 0.29) is 12.1 Å². The van der Waals surface area contributed by atoms with Gasteiger partial charge < -0.3 is 19.9 Å². The van der Waals surface area contributed by atoms with E-state index in [9.17, 15) is 4.79 Å². The fourth-order valence-electron chi connectivity index (χ4n) is 3.36. The number of aromatic nitrogens is 2. The number of nitrogens with zero attached hydrogens (tertiary/aromatic N) is 4. The standard InChI is InChI=1S/C17H25N5O2/c23-17(18-12-14-2-1-11-24-14)22-9-7-21(8-10-22)16-6-5-15(19-20-16)13-3-4-13/h5-6,13-14H,1-4,7-12H2,(H,18,23)/t14-/m1/s1. The van der Waals surface area contributed by atoms with Gasteiger partial charge in [0.25, 0.3) is 0 Å². The van der Waals surface area contributed by atoms with E-state index >= 15 is 0 Å². The summed E-state index contributed by atoms with van der Waals surface area (Å²) in [6.07, 6.45) is 4.82. The van der Waals surface area contributed by atoms with Gasteiger partial charge in [-0.05, 0) is 37.8 Å². The Kier molecular flexibility index (Phi) is 4.51. The van der Waals surface area contributed by atoms with Crippen LogP contribution in [0.5, 0.6) is 0 Å². The number of hydrogen-bond donors (Lipinski definition) is 1. The number of anilines is 1. The van der Waals surface area contributed by atoms with Gasteiger partial charge in [0.2, 0.25) is 0 Å². The van der Waals surface area contributed by atoms with E-state index in [1.807, 2.05) is 4.90 Å². The van der Waals surface area contributed by atoms with Gasteiger partial charge >= 0.3 is 6.03 Å². The molecule has 3 fully saturated rings. The molecule has 1 aromatic heterocycles. The maximum absolute atomic E-state index is 12.2. The molecule has 0 bridgehead atoms. The lowest BCUT2D eigenvalue weighted by Gasteiger charge is -2.35. The topological polar surface area (TPSA) is 70.6 Å². The van der Waals surface area contributed by atoms with Crippen LogP contribution in [-0.2, 0) is 4.74 Å². The number of carbonyl (C=O) groups excluding carboxylic acids is 1. The van der Waals surface area contributed by atoms with E-state index in [4.69, 9.17) is 4.74 Å². The summed E-state index contributed by atoms with van der Waals surface area (Å²) in [5.41, 5.74) is 1.12. The van der Waals surface area contributed by atoms with Gasteiger partial charge in [-0.2, -0.15) is 5.10 Å². The second kappa shape index (κ2) is 6.93. The van der Waals surface area contributed by atoms with Gasteiger partial charge in [-0.25, -0.2) is 4.79 Å². The van der Waals surface area contributed by atoms with Crippen molar-refractivity contribution in [2.24, 2.45) is 0 Å². The van der Waals surface area contributed by atoms with Crippen molar-refractivity contribution in [2.45, 2.75) is 37.7 Å². The molecule has 2 saturated heterocycles. The first kappa shape index (κ1) is 15.6. The molecule has 1 aromatic rings. The highest BCUT2D eigenvalue weighted by molar-refractivity contribution is 5.74. The molecular weight excluding hydrogens is 306 g/mol. The summed E-state index contributed by atoms with van der Waals surface area (Å²) < 4.78 is 5.54. The first-order chi connectivity index (χ1) is 11.8. The highest BCUT2D eigenvalue weighted by Crippen LogP contribution is 2.38. The van der Waals surface area contributed by atoms with Crippen molar-refractivity contribution in [1.82, 2.24) is 20.4 Å². The molecule has 0 unspecified atom stereocenters. The average Bonchev–Trinajstić information content (AvgIpc) is 3.36. The summed E-state index contributed by atoms with van der Waals surface area (Å²) >= 11 is 0. The van der Waals surface area contributed by atoms with Gasteiger partial charge in [0.1, 0.15) is 0 Å². The Labute approximate surface area is 142 Å². The van der Waals surface area contributed by atoms with Gasteiger partial charge in [-0.1, -0.05) is 0 Å². The van der Waals surface area contributed by atoms with Crippen molar-refractivity contribution in [2.75, 3.05) is 44.2 Å². The fourth-order valence-corrected chi connectivity index (χ4v) is 3.36. The van der Waals surface area contributed by atoms with E-state index in [1.165, 1.54) is 12.8 Å². The number of nitrogens with one attached hydrogen (secondary N) is 1. The molecule has 7 heteroatoms. The molecule has 1 saturated carbocycles. The Balaban J connectivity index is 1.24. The molecule has 1 N–H and O–H groups in total. The molecule has 7 nitrogen and oxygen atoms in total. The molecule has 4 rings (SSSR count). The summed E-state index contributed by atoms with van der Waals surface area (Å²) in [5.74, 6) is 1.55. The van der Waals surface area contributed by atoms with Crippen LogP contribution in [0.2, 0.25) is 0 Å². The summed E-state index contributed by atoms with van der Waals surface area (Å²) in [6, 6.07) is 4.18. The predicted octanol–water partition coefficient (Wildman–Crippen LogP) is 1.36. The second-order valence-electron chi connectivity index (χ2n) is 6.89. The maximum Gasteiger partial charge on any atom is 0.317 e. The molecule has 1 atom stereocenters. The lowest BCUT2D eigenvalue weighted by atomic mass is 10.2. The fraction of sp³-hybridized carbons (Fsp3) is 0.706. The summed E-state index contributed by atoms with van der Waals surface area (Å²) in [5, 5.41) is 11.7. The highest BCUT2D eigenvalue weighted by Gasteiger charge is 2.26. The van der Waals surface area contributed by atoms with Crippen LogP contribution in [-0.4, -0.2) is 66.6 Å². The molecule has 24 heavy (non-hydrogen) atoms. The number of urea groups is 1. The van der Waals surface area contributed by atoms with E-state index < -0.39 is 0 Å². The monoisotopic (exact) mass is 331 g/mol. The lowest BCUT2D eigenvalue weighted by Crippen LogP contribution is -2.52. The third-order valence-corrected chi connectivity index (χ3v) is 5.06. The molecule has 130 valence electrons. The smallest absolute Gasteiger partial charge is 0.317 e. The third-order valence-electron chi connectivity index (χ3n) is 5.06. The van der Waals surface area contributed by atoms with Crippen LogP contribution in [0.25, 0.3) is 0 Å². The largest absolute Gasteiger partial charge is 0.376 e. The lowest BCUT2D eigenvalue weighted by molar-refractivity contribution is 0.108. The molecule has 2 amide bonds. The zero-order valence-electron chi connectivity index (χ0n) is 14.0. The van der Waals surface area contributed by atoms with E-state index in [0.29, 0.717) is 25.6 Å². The van der Waals surface area contributed by atoms with Crippen molar-refractivity contribution < 1.29 is 9.53 Å². The molecule has 2 aliphatic heterocycles. The number of carbonyl (C=O) groups is 1. The Morgan fingerprint density at radius 2 is 2.00 bits per heavy atom. The van der Waals surface area contributed by atoms with Crippen molar-refractivity contribution in [3.8, 4) is 0 Å². The Hall–Kier alpha value is -1.89. The molecule has 0 radical (unpaired) electrons. The van der Waals surface area contributed by atoms with Crippen LogP contribution in [0.1, 0.15) is 37.3 Å². The quantitative estimate of drug-likeness (QED) is 0.902. The number of rotatable bonds is 4. The van der Waals surface area contributed by atoms with Crippen LogP contribution in [0.3, 0.4) is 0 Å². The summed E-state index contributed by atoms with van der Waals surface area (Å²) in [4.78, 5) is 16.3. The number of amides is 2. The van der Waals surface area contributed by atoms with Crippen LogP contribution in [0.4, 0.5) is 10.6 Å². The summed E-state index contributed by atoms with van der Waals surface area (Å²) in [6.45, 7) is 4.45. The molecule has 0 aromatic carbocycles. The SMILES string of the molecule is O=C(NC[C@H]1CCCO1)N1CCN(c2ccc(C3CC3)nn2)CC1. The van der Waals surface area contributed by atoms with Crippen molar-refractivity contribution in [3.63, 3.8) is 0 Å².